The second kappa shape index (κ2) is 7.44. The third kappa shape index (κ3) is 4.51. The predicted molar refractivity (Wildman–Crippen MR) is 101 cm³/mol. The van der Waals surface area contributed by atoms with Crippen LogP contribution >= 0.6 is 0 Å². The summed E-state index contributed by atoms with van der Waals surface area (Å²) in [6.45, 7) is 1.55. The number of carbonyl (C=O) groups is 1. The van der Waals surface area contributed by atoms with Gasteiger partial charge in [-0.1, -0.05) is 42.5 Å². The van der Waals surface area contributed by atoms with Gasteiger partial charge in [0.15, 0.2) is 0 Å². The van der Waals surface area contributed by atoms with E-state index in [0.717, 1.165) is 12.8 Å². The molecule has 2 amide bonds. The number of nitrogens with one attached hydrogen (secondary N) is 1. The van der Waals surface area contributed by atoms with Crippen molar-refractivity contribution < 1.29 is 13.2 Å². The van der Waals surface area contributed by atoms with Crippen molar-refractivity contribution in [1.82, 2.24) is 10.2 Å². The highest BCUT2D eigenvalue weighted by Gasteiger charge is 2.24. The van der Waals surface area contributed by atoms with Gasteiger partial charge in [0.2, 0.25) is 0 Å². The smallest absolute Gasteiger partial charge is 0.317 e. The molecule has 1 aliphatic rings. The second-order valence-corrected chi connectivity index (χ2v) is 8.95. The Kier molecular flexibility index (Phi) is 5.27. The molecule has 0 unspecified atom stereocenters. The Labute approximate surface area is 148 Å². The molecule has 5 nitrogen and oxygen atoms in total. The van der Waals surface area contributed by atoms with Crippen molar-refractivity contribution in [1.29, 1.82) is 0 Å². The minimum Gasteiger partial charge on any atom is -0.337 e. The van der Waals surface area contributed by atoms with Gasteiger partial charge in [-0.25, -0.2) is 13.2 Å². The average molecular weight is 360 g/mol. The first-order valence-electron chi connectivity index (χ1n) is 8.62. The van der Waals surface area contributed by atoms with Crippen molar-refractivity contribution >= 4 is 26.6 Å². The fourth-order valence-electron chi connectivity index (χ4n) is 3.46. The Morgan fingerprint density at radius 2 is 1.80 bits per heavy atom. The summed E-state index contributed by atoms with van der Waals surface area (Å²) in [6, 6.07) is 14.7. The molecule has 0 bridgehead atoms. The van der Waals surface area contributed by atoms with E-state index in [1.54, 1.807) is 4.90 Å². The molecular weight excluding hydrogens is 336 g/mol. The normalized spacial score (nSPS) is 16.1. The molecule has 1 aliphatic heterocycles. The fourth-order valence-corrected chi connectivity index (χ4v) is 3.93. The number of hydrogen-bond acceptors (Lipinski definition) is 3. The Hall–Kier alpha value is -2.08. The highest BCUT2D eigenvalue weighted by molar-refractivity contribution is 7.90. The molecule has 1 heterocycles. The van der Waals surface area contributed by atoms with E-state index in [2.05, 4.69) is 47.8 Å². The van der Waals surface area contributed by atoms with E-state index >= 15 is 0 Å². The topological polar surface area (TPSA) is 66.5 Å². The number of carbonyl (C=O) groups excluding carboxylic acids is 1. The molecule has 0 aromatic heterocycles. The van der Waals surface area contributed by atoms with E-state index in [9.17, 15) is 13.2 Å². The van der Waals surface area contributed by atoms with Gasteiger partial charge in [-0.3, -0.25) is 0 Å². The molecule has 6 heteroatoms. The molecule has 25 heavy (non-hydrogen) atoms. The maximum absolute atomic E-state index is 12.2. The standard InChI is InChI=1S/C19H24N2O3S/c1-25(23,24)14-11-20-19(22)21-12-9-16(10-13-21)18-8-4-6-15-5-2-3-7-17(15)18/h2-8,16H,9-14H2,1H3,(H,20,22). The van der Waals surface area contributed by atoms with E-state index in [1.165, 1.54) is 22.6 Å². The molecule has 1 fully saturated rings. The molecule has 0 saturated carbocycles. The summed E-state index contributed by atoms with van der Waals surface area (Å²) in [4.78, 5) is 13.9. The highest BCUT2D eigenvalue weighted by Crippen LogP contribution is 2.32. The molecule has 0 radical (unpaired) electrons. The molecule has 1 saturated heterocycles. The summed E-state index contributed by atoms with van der Waals surface area (Å²) in [5.41, 5.74) is 1.36. The van der Waals surface area contributed by atoms with Crippen LogP contribution in [0.5, 0.6) is 0 Å². The number of likely N-dealkylation sites (tertiary alicyclic amines) is 1. The first kappa shape index (κ1) is 17.7. The van der Waals surface area contributed by atoms with Gasteiger partial charge in [0.05, 0.1) is 5.75 Å². The number of sulfone groups is 1. The molecular formula is C19H24N2O3S. The number of hydrogen-bond donors (Lipinski definition) is 1. The minimum absolute atomic E-state index is 0.0226. The lowest BCUT2D eigenvalue weighted by Gasteiger charge is -2.32. The summed E-state index contributed by atoms with van der Waals surface area (Å²) >= 11 is 0. The largest absolute Gasteiger partial charge is 0.337 e. The van der Waals surface area contributed by atoms with E-state index < -0.39 is 9.84 Å². The number of amides is 2. The van der Waals surface area contributed by atoms with Crippen molar-refractivity contribution in [3.63, 3.8) is 0 Å². The van der Waals surface area contributed by atoms with Crippen LogP contribution in [0.1, 0.15) is 24.3 Å². The fraction of sp³-hybridized carbons (Fsp3) is 0.421. The van der Waals surface area contributed by atoms with Crippen molar-refractivity contribution in [3.8, 4) is 0 Å². The summed E-state index contributed by atoms with van der Waals surface area (Å²) < 4.78 is 22.3. The van der Waals surface area contributed by atoms with Crippen LogP contribution in [0.4, 0.5) is 4.79 Å². The van der Waals surface area contributed by atoms with Gasteiger partial charge in [0.25, 0.3) is 0 Å². The quantitative estimate of drug-likeness (QED) is 0.912. The predicted octanol–water partition coefficient (Wildman–Crippen LogP) is 2.77. The maximum atomic E-state index is 12.2. The molecule has 0 aliphatic carbocycles. The van der Waals surface area contributed by atoms with Gasteiger partial charge in [-0.05, 0) is 35.1 Å². The molecule has 1 N–H and O–H groups in total. The summed E-state index contributed by atoms with van der Waals surface area (Å²) in [5, 5.41) is 5.24. The van der Waals surface area contributed by atoms with Crippen LogP contribution in [0, 0.1) is 0 Å². The first-order chi connectivity index (χ1) is 11.9. The highest BCUT2D eigenvalue weighted by atomic mass is 32.2. The lowest BCUT2D eigenvalue weighted by Crippen LogP contribution is -2.45. The molecule has 2 aromatic carbocycles. The number of benzene rings is 2. The third-order valence-electron chi connectivity index (χ3n) is 4.79. The summed E-state index contributed by atoms with van der Waals surface area (Å²) in [7, 11) is -3.05. The van der Waals surface area contributed by atoms with Crippen molar-refractivity contribution in [2.75, 3.05) is 31.6 Å². The third-order valence-corrected chi connectivity index (χ3v) is 5.74. The van der Waals surface area contributed by atoms with Crippen LogP contribution in [0.15, 0.2) is 42.5 Å². The zero-order valence-corrected chi connectivity index (χ0v) is 15.3. The minimum atomic E-state index is -3.05. The molecule has 134 valence electrons. The van der Waals surface area contributed by atoms with Crippen molar-refractivity contribution in [2.24, 2.45) is 0 Å². The van der Waals surface area contributed by atoms with E-state index in [4.69, 9.17) is 0 Å². The van der Waals surface area contributed by atoms with Gasteiger partial charge >= 0.3 is 6.03 Å². The van der Waals surface area contributed by atoms with E-state index in [1.807, 2.05) is 0 Å². The van der Waals surface area contributed by atoms with Gasteiger partial charge in [-0.15, -0.1) is 0 Å². The van der Waals surface area contributed by atoms with Crippen molar-refractivity contribution in [3.05, 3.63) is 48.0 Å². The maximum Gasteiger partial charge on any atom is 0.317 e. The Bertz CT molecular complexity index is 851. The lowest BCUT2D eigenvalue weighted by atomic mass is 9.86. The number of fused-ring (bicyclic) bond motifs is 1. The zero-order valence-electron chi connectivity index (χ0n) is 14.4. The van der Waals surface area contributed by atoms with Crippen LogP contribution in [-0.2, 0) is 9.84 Å². The van der Waals surface area contributed by atoms with Gasteiger partial charge in [0.1, 0.15) is 9.84 Å². The average Bonchev–Trinajstić information content (AvgIpc) is 2.60. The number of piperidine rings is 1. The molecule has 3 rings (SSSR count). The molecule has 0 spiro atoms. The molecule has 2 aromatic rings. The van der Waals surface area contributed by atoms with Crippen LogP contribution < -0.4 is 5.32 Å². The number of nitrogens with zero attached hydrogens (tertiary/aromatic N) is 1. The second-order valence-electron chi connectivity index (χ2n) is 6.69. The summed E-state index contributed by atoms with van der Waals surface area (Å²) in [6.07, 6.45) is 3.02. The summed E-state index contributed by atoms with van der Waals surface area (Å²) in [5.74, 6) is 0.428. The Balaban J connectivity index is 1.59. The van der Waals surface area contributed by atoms with Gasteiger partial charge in [-0.2, -0.15) is 0 Å². The first-order valence-corrected chi connectivity index (χ1v) is 10.7. The monoisotopic (exact) mass is 360 g/mol. The van der Waals surface area contributed by atoms with Crippen LogP contribution in [-0.4, -0.2) is 51.0 Å². The lowest BCUT2D eigenvalue weighted by molar-refractivity contribution is 0.182. The Morgan fingerprint density at radius 3 is 2.52 bits per heavy atom. The van der Waals surface area contributed by atoms with Gasteiger partial charge in [0, 0.05) is 25.9 Å². The number of rotatable bonds is 4. The SMILES string of the molecule is CS(=O)(=O)CCNC(=O)N1CCC(c2cccc3ccccc23)CC1. The Morgan fingerprint density at radius 1 is 1.12 bits per heavy atom. The van der Waals surface area contributed by atoms with E-state index in [-0.39, 0.29) is 18.3 Å². The van der Waals surface area contributed by atoms with E-state index in [0.29, 0.717) is 19.0 Å². The van der Waals surface area contributed by atoms with Crippen molar-refractivity contribution in [2.45, 2.75) is 18.8 Å². The molecule has 0 atom stereocenters. The van der Waals surface area contributed by atoms with Crippen LogP contribution in [0.2, 0.25) is 0 Å². The number of urea groups is 1. The van der Waals surface area contributed by atoms with Crippen LogP contribution in [0.25, 0.3) is 10.8 Å². The zero-order chi connectivity index (χ0) is 17.9. The van der Waals surface area contributed by atoms with Gasteiger partial charge < -0.3 is 10.2 Å². The van der Waals surface area contributed by atoms with Crippen LogP contribution in [0.3, 0.4) is 0 Å².